The van der Waals surface area contributed by atoms with Gasteiger partial charge in [0, 0.05) is 18.0 Å². The molecule has 0 saturated carbocycles. The molecule has 0 spiro atoms. The molecule has 3 rings (SSSR count). The SMILES string of the molecule is CCCCOc1ccc(C(=O)OCC(=O)N2CCc3sccc3C2)cc1. The fourth-order valence-electron chi connectivity index (χ4n) is 2.78. The second-order valence-corrected chi connectivity index (χ2v) is 7.24. The van der Waals surface area contributed by atoms with Crippen LogP contribution in [0.4, 0.5) is 0 Å². The smallest absolute Gasteiger partial charge is 0.338 e. The normalized spacial score (nSPS) is 13.2. The molecule has 0 N–H and O–H groups in total. The Morgan fingerprint density at radius 2 is 2.00 bits per heavy atom. The summed E-state index contributed by atoms with van der Waals surface area (Å²) in [7, 11) is 0. The van der Waals surface area contributed by atoms with E-state index >= 15 is 0 Å². The molecule has 26 heavy (non-hydrogen) atoms. The van der Waals surface area contributed by atoms with Gasteiger partial charge < -0.3 is 14.4 Å². The van der Waals surface area contributed by atoms with Gasteiger partial charge >= 0.3 is 5.97 Å². The summed E-state index contributed by atoms with van der Waals surface area (Å²) in [5, 5.41) is 2.05. The second kappa shape index (κ2) is 8.85. The number of thiophene rings is 1. The summed E-state index contributed by atoms with van der Waals surface area (Å²) >= 11 is 1.73. The first-order valence-electron chi connectivity index (χ1n) is 8.90. The molecule has 5 nitrogen and oxygen atoms in total. The maximum absolute atomic E-state index is 12.3. The van der Waals surface area contributed by atoms with Crippen LogP contribution >= 0.6 is 11.3 Å². The van der Waals surface area contributed by atoms with Gasteiger partial charge in [0.2, 0.25) is 0 Å². The zero-order valence-electron chi connectivity index (χ0n) is 14.9. The molecule has 138 valence electrons. The van der Waals surface area contributed by atoms with E-state index in [-0.39, 0.29) is 12.5 Å². The van der Waals surface area contributed by atoms with E-state index in [1.54, 1.807) is 40.5 Å². The Bertz CT molecular complexity index is 753. The second-order valence-electron chi connectivity index (χ2n) is 6.24. The standard InChI is InChI=1S/C20H23NO4S/c1-2-3-11-24-17-6-4-15(5-7-17)20(23)25-14-19(22)21-10-8-18-16(13-21)9-12-26-18/h4-7,9,12H,2-3,8,10-11,13-14H2,1H3. The Balaban J connectivity index is 1.47. The molecule has 0 unspecified atom stereocenters. The Morgan fingerprint density at radius 1 is 1.19 bits per heavy atom. The summed E-state index contributed by atoms with van der Waals surface area (Å²) in [6.45, 7) is 3.81. The molecule has 1 amide bonds. The van der Waals surface area contributed by atoms with E-state index in [2.05, 4.69) is 13.0 Å². The van der Waals surface area contributed by atoms with Crippen LogP contribution in [0.1, 0.15) is 40.6 Å². The number of hydrogen-bond acceptors (Lipinski definition) is 5. The van der Waals surface area contributed by atoms with Crippen LogP contribution in [-0.4, -0.2) is 36.5 Å². The first-order valence-corrected chi connectivity index (χ1v) is 9.78. The molecule has 0 atom stereocenters. The van der Waals surface area contributed by atoms with E-state index in [0.29, 0.717) is 25.3 Å². The molecule has 0 radical (unpaired) electrons. The highest BCUT2D eigenvalue weighted by Gasteiger charge is 2.22. The van der Waals surface area contributed by atoms with Gasteiger partial charge in [0.1, 0.15) is 5.75 Å². The van der Waals surface area contributed by atoms with E-state index in [1.807, 2.05) is 5.38 Å². The third-order valence-electron chi connectivity index (χ3n) is 4.34. The highest BCUT2D eigenvalue weighted by Crippen LogP contribution is 2.24. The number of unbranched alkanes of at least 4 members (excludes halogenated alkanes) is 1. The molecule has 6 heteroatoms. The number of rotatable bonds is 7. The predicted octanol–water partition coefficient (Wildman–Crippen LogP) is 3.67. The summed E-state index contributed by atoms with van der Waals surface area (Å²) < 4.78 is 10.8. The Hall–Kier alpha value is -2.34. The van der Waals surface area contributed by atoms with Crippen molar-refractivity contribution in [2.24, 2.45) is 0 Å². The molecule has 2 heterocycles. The largest absolute Gasteiger partial charge is 0.494 e. The van der Waals surface area contributed by atoms with Crippen molar-refractivity contribution in [1.82, 2.24) is 4.90 Å². The lowest BCUT2D eigenvalue weighted by molar-refractivity contribution is -0.135. The van der Waals surface area contributed by atoms with Crippen molar-refractivity contribution < 1.29 is 19.1 Å². The number of carbonyl (C=O) groups is 2. The van der Waals surface area contributed by atoms with E-state index in [9.17, 15) is 9.59 Å². The molecule has 1 aliphatic rings. The maximum atomic E-state index is 12.3. The lowest BCUT2D eigenvalue weighted by Gasteiger charge is -2.26. The summed E-state index contributed by atoms with van der Waals surface area (Å²) in [5.74, 6) is 0.0763. The van der Waals surface area contributed by atoms with Crippen molar-refractivity contribution in [3.05, 3.63) is 51.7 Å². The van der Waals surface area contributed by atoms with Gasteiger partial charge in [-0.2, -0.15) is 0 Å². The number of fused-ring (bicyclic) bond motifs is 1. The summed E-state index contributed by atoms with van der Waals surface area (Å²) in [6.07, 6.45) is 2.94. The molecule has 1 aliphatic heterocycles. The lowest BCUT2D eigenvalue weighted by Crippen LogP contribution is -2.38. The van der Waals surface area contributed by atoms with Crippen LogP contribution < -0.4 is 4.74 Å². The topological polar surface area (TPSA) is 55.8 Å². The molecule has 0 aliphatic carbocycles. The molecule has 0 saturated heterocycles. The Kier molecular flexibility index (Phi) is 6.28. The van der Waals surface area contributed by atoms with Crippen molar-refractivity contribution in [1.29, 1.82) is 0 Å². The zero-order valence-corrected chi connectivity index (χ0v) is 15.7. The van der Waals surface area contributed by atoms with Crippen LogP contribution in [0.25, 0.3) is 0 Å². The van der Waals surface area contributed by atoms with Crippen molar-refractivity contribution in [3.63, 3.8) is 0 Å². The minimum atomic E-state index is -0.494. The van der Waals surface area contributed by atoms with Gasteiger partial charge in [0.15, 0.2) is 6.61 Å². The predicted molar refractivity (Wildman–Crippen MR) is 101 cm³/mol. The highest BCUT2D eigenvalue weighted by atomic mass is 32.1. The van der Waals surface area contributed by atoms with Gasteiger partial charge in [-0.3, -0.25) is 4.79 Å². The first-order chi connectivity index (χ1) is 12.7. The van der Waals surface area contributed by atoms with Gasteiger partial charge in [-0.25, -0.2) is 4.79 Å². The van der Waals surface area contributed by atoms with Crippen LogP contribution in [-0.2, 0) is 22.5 Å². The zero-order chi connectivity index (χ0) is 18.4. The Labute approximate surface area is 157 Å². The van der Waals surface area contributed by atoms with Crippen LogP contribution in [0.3, 0.4) is 0 Å². The number of carbonyl (C=O) groups excluding carboxylic acids is 2. The average Bonchev–Trinajstić information content (AvgIpc) is 3.14. The number of esters is 1. The third kappa shape index (κ3) is 4.64. The van der Waals surface area contributed by atoms with Gasteiger partial charge in [-0.1, -0.05) is 13.3 Å². The van der Waals surface area contributed by atoms with Crippen molar-refractivity contribution in [2.75, 3.05) is 19.8 Å². The van der Waals surface area contributed by atoms with Crippen molar-refractivity contribution >= 4 is 23.2 Å². The van der Waals surface area contributed by atoms with Crippen LogP contribution in [0.5, 0.6) is 5.75 Å². The number of hydrogen-bond donors (Lipinski definition) is 0. The van der Waals surface area contributed by atoms with Gasteiger partial charge in [-0.15, -0.1) is 11.3 Å². The number of ether oxygens (including phenoxy) is 2. The first kappa shape index (κ1) is 18.5. The average molecular weight is 373 g/mol. The molecular weight excluding hydrogens is 350 g/mol. The van der Waals surface area contributed by atoms with Gasteiger partial charge in [-0.05, 0) is 54.1 Å². The summed E-state index contributed by atoms with van der Waals surface area (Å²) in [6, 6.07) is 8.86. The number of amides is 1. The summed E-state index contributed by atoms with van der Waals surface area (Å²) in [4.78, 5) is 27.5. The van der Waals surface area contributed by atoms with Crippen molar-refractivity contribution in [3.8, 4) is 5.75 Å². The molecule has 1 aromatic carbocycles. The molecule has 0 bridgehead atoms. The van der Waals surface area contributed by atoms with Crippen LogP contribution in [0.2, 0.25) is 0 Å². The van der Waals surface area contributed by atoms with E-state index in [4.69, 9.17) is 9.47 Å². The van der Waals surface area contributed by atoms with Crippen LogP contribution in [0, 0.1) is 0 Å². The van der Waals surface area contributed by atoms with Gasteiger partial charge in [0.05, 0.1) is 12.2 Å². The van der Waals surface area contributed by atoms with E-state index in [0.717, 1.165) is 25.0 Å². The number of benzene rings is 1. The summed E-state index contributed by atoms with van der Waals surface area (Å²) in [5.41, 5.74) is 1.61. The van der Waals surface area contributed by atoms with E-state index in [1.165, 1.54) is 10.4 Å². The highest BCUT2D eigenvalue weighted by molar-refractivity contribution is 7.10. The lowest BCUT2D eigenvalue weighted by atomic mass is 10.1. The monoisotopic (exact) mass is 373 g/mol. The fourth-order valence-corrected chi connectivity index (χ4v) is 3.67. The van der Waals surface area contributed by atoms with E-state index < -0.39 is 5.97 Å². The molecule has 2 aromatic rings. The minimum absolute atomic E-state index is 0.158. The quantitative estimate of drug-likeness (QED) is 0.549. The van der Waals surface area contributed by atoms with Crippen molar-refractivity contribution in [2.45, 2.75) is 32.7 Å². The number of nitrogens with zero attached hydrogens (tertiary/aromatic N) is 1. The maximum Gasteiger partial charge on any atom is 0.338 e. The third-order valence-corrected chi connectivity index (χ3v) is 5.37. The minimum Gasteiger partial charge on any atom is -0.494 e. The molecular formula is C20H23NO4S. The Morgan fingerprint density at radius 3 is 2.77 bits per heavy atom. The van der Waals surface area contributed by atoms with Crippen LogP contribution in [0.15, 0.2) is 35.7 Å². The molecule has 0 fully saturated rings. The fraction of sp³-hybridized carbons (Fsp3) is 0.400. The molecule has 1 aromatic heterocycles. The van der Waals surface area contributed by atoms with Gasteiger partial charge in [0.25, 0.3) is 5.91 Å².